The Morgan fingerprint density at radius 2 is 2.00 bits per heavy atom. The lowest BCUT2D eigenvalue weighted by molar-refractivity contribution is 0.591. The molecule has 0 heterocycles. The minimum Gasteiger partial charge on any atom is -0.394 e. The monoisotopic (exact) mass is 210 g/mol. The minimum absolute atomic E-state index is 0.129. The Hall–Kier alpha value is -2.07. The van der Waals surface area contributed by atoms with E-state index in [1.165, 1.54) is 12.2 Å². The summed E-state index contributed by atoms with van der Waals surface area (Å²) >= 11 is 0. The van der Waals surface area contributed by atoms with Gasteiger partial charge >= 0.3 is 0 Å². The number of nitrogens with zero attached hydrogens (tertiary/aromatic N) is 3. The third-order valence-electron chi connectivity index (χ3n) is 1.66. The first-order chi connectivity index (χ1) is 7.15. The highest BCUT2D eigenvalue weighted by atomic mass is 19.1. The van der Waals surface area contributed by atoms with Crippen molar-refractivity contribution in [1.82, 2.24) is 0 Å². The summed E-state index contributed by atoms with van der Waals surface area (Å²) in [6.45, 7) is 0.129. The average molecular weight is 210 g/mol. The fourth-order valence-corrected chi connectivity index (χ4v) is 0.973. The summed E-state index contributed by atoms with van der Waals surface area (Å²) in [7, 11) is 0. The number of benzene rings is 1. The quantitative estimate of drug-likeness (QED) is 0.354. The van der Waals surface area contributed by atoms with Gasteiger partial charge in [0.15, 0.2) is 0 Å². The predicted octanol–water partition coefficient (Wildman–Crippen LogP) is 2.87. The van der Waals surface area contributed by atoms with Gasteiger partial charge in [0.25, 0.3) is 0 Å². The average Bonchev–Trinajstić information content (AvgIpc) is 2.21. The number of hydrogen-bond donors (Lipinski definition) is 1. The zero-order valence-corrected chi connectivity index (χ0v) is 7.69. The van der Waals surface area contributed by atoms with Crippen LogP contribution in [0.2, 0.25) is 0 Å². The Morgan fingerprint density at radius 3 is 2.53 bits per heavy atom. The molecule has 1 aromatic rings. The van der Waals surface area contributed by atoms with E-state index in [4.69, 9.17) is 11.3 Å². The second kappa shape index (κ2) is 4.97. The smallest absolute Gasteiger partial charge is 0.149 e. The first kappa shape index (κ1) is 11.0. The number of anilines is 1. The second-order valence-corrected chi connectivity index (χ2v) is 2.71. The number of halogens is 2. The molecule has 0 radical (unpaired) electrons. The van der Waals surface area contributed by atoms with Crippen molar-refractivity contribution >= 4 is 11.8 Å². The maximum Gasteiger partial charge on any atom is 0.149 e. The summed E-state index contributed by atoms with van der Waals surface area (Å²) in [6, 6.07) is 2.20. The van der Waals surface area contributed by atoms with Crippen LogP contribution in [0.3, 0.4) is 0 Å². The highest BCUT2D eigenvalue weighted by molar-refractivity contribution is 5.55. The molecule has 0 bridgehead atoms. The van der Waals surface area contributed by atoms with Gasteiger partial charge in [-0.2, -0.15) is 0 Å². The molecule has 0 amide bonds. The predicted molar refractivity (Wildman–Crippen MR) is 53.8 cm³/mol. The second-order valence-electron chi connectivity index (χ2n) is 2.71. The normalized spacial score (nSPS) is 10.3. The van der Waals surface area contributed by atoms with Crippen molar-refractivity contribution in [2.24, 2.45) is 5.11 Å². The topological polar surface area (TPSA) is 74.8 Å². The maximum absolute atomic E-state index is 12.9. The van der Waals surface area contributed by atoms with Crippen molar-refractivity contribution in [2.75, 3.05) is 12.3 Å². The molecule has 78 valence electrons. The first-order valence-corrected chi connectivity index (χ1v) is 4.07. The molecular weight excluding hydrogens is 202 g/mol. The Bertz CT molecular complexity index is 413. The van der Waals surface area contributed by atoms with Gasteiger partial charge in [-0.1, -0.05) is 17.3 Å². The Morgan fingerprint density at radius 1 is 1.40 bits per heavy atom. The summed E-state index contributed by atoms with van der Waals surface area (Å²) in [5.74, 6) is -1.61. The highest BCUT2D eigenvalue weighted by Gasteiger charge is 2.05. The molecule has 0 aliphatic carbocycles. The maximum atomic E-state index is 12.9. The molecule has 0 atom stereocenters. The molecule has 0 aliphatic rings. The largest absolute Gasteiger partial charge is 0.394 e. The Balaban J connectivity index is 2.87. The molecule has 2 N–H and O–H groups in total. The van der Waals surface area contributed by atoms with Gasteiger partial charge in [0.2, 0.25) is 0 Å². The number of hydrogen-bond acceptors (Lipinski definition) is 2. The highest BCUT2D eigenvalue weighted by Crippen LogP contribution is 2.17. The number of nitrogen functional groups attached to an aromatic ring is 1. The number of rotatable bonds is 3. The molecule has 0 aromatic heterocycles. The zero-order valence-electron chi connectivity index (χ0n) is 7.69. The Labute approximate surface area is 84.6 Å². The van der Waals surface area contributed by atoms with E-state index in [-0.39, 0.29) is 6.54 Å². The van der Waals surface area contributed by atoms with Crippen LogP contribution in [-0.4, -0.2) is 6.54 Å². The van der Waals surface area contributed by atoms with Crippen molar-refractivity contribution in [1.29, 1.82) is 0 Å². The minimum atomic E-state index is -0.807. The van der Waals surface area contributed by atoms with Crippen molar-refractivity contribution in [3.63, 3.8) is 0 Å². The summed E-state index contributed by atoms with van der Waals surface area (Å²) in [5.41, 5.74) is 12.9. The van der Waals surface area contributed by atoms with Gasteiger partial charge in [-0.25, -0.2) is 8.78 Å². The first-order valence-electron chi connectivity index (χ1n) is 4.07. The van der Waals surface area contributed by atoms with Crippen LogP contribution in [0, 0.1) is 11.6 Å². The van der Waals surface area contributed by atoms with Crippen LogP contribution in [0.5, 0.6) is 0 Å². The van der Waals surface area contributed by atoms with Crippen molar-refractivity contribution in [3.05, 3.63) is 45.8 Å². The lowest BCUT2D eigenvalue weighted by Crippen LogP contribution is -1.95. The lowest BCUT2D eigenvalue weighted by Gasteiger charge is -2.00. The van der Waals surface area contributed by atoms with Crippen LogP contribution >= 0.6 is 0 Å². The van der Waals surface area contributed by atoms with E-state index in [1.54, 1.807) is 0 Å². The van der Waals surface area contributed by atoms with Gasteiger partial charge in [0.1, 0.15) is 17.3 Å². The lowest BCUT2D eigenvalue weighted by atomic mass is 10.2. The van der Waals surface area contributed by atoms with E-state index in [2.05, 4.69) is 10.0 Å². The molecule has 0 spiro atoms. The molecule has 0 aliphatic heterocycles. The van der Waals surface area contributed by atoms with Crippen LogP contribution in [0.1, 0.15) is 5.56 Å². The van der Waals surface area contributed by atoms with Gasteiger partial charge < -0.3 is 5.73 Å². The van der Waals surface area contributed by atoms with Gasteiger partial charge in [0, 0.05) is 11.5 Å². The van der Waals surface area contributed by atoms with Crippen LogP contribution in [0.15, 0.2) is 23.3 Å². The number of azide groups is 1. The molecule has 4 nitrogen and oxygen atoms in total. The van der Waals surface area contributed by atoms with Crippen LogP contribution < -0.4 is 5.73 Å². The molecule has 0 saturated heterocycles. The number of nitrogens with two attached hydrogens (primary N) is 1. The van der Waals surface area contributed by atoms with Crippen LogP contribution in [-0.2, 0) is 0 Å². The molecule has 0 unspecified atom stereocenters. The van der Waals surface area contributed by atoms with Crippen molar-refractivity contribution < 1.29 is 8.78 Å². The fraction of sp³-hybridized carbons (Fsp3) is 0.111. The van der Waals surface area contributed by atoms with Crippen molar-refractivity contribution in [3.8, 4) is 0 Å². The molecule has 15 heavy (non-hydrogen) atoms. The Kier molecular flexibility index (Phi) is 3.65. The van der Waals surface area contributed by atoms with E-state index < -0.39 is 17.3 Å². The third kappa shape index (κ3) is 2.96. The van der Waals surface area contributed by atoms with E-state index in [9.17, 15) is 8.78 Å². The SMILES string of the molecule is [N-]=[N+]=NCC=Cc1cc(F)c(N)c(F)c1. The standard InChI is InChI=1S/C9H8F2N4/c10-7-4-6(2-1-3-14-15-13)5-8(11)9(7)12/h1-2,4-5H,3,12H2. The summed E-state index contributed by atoms with van der Waals surface area (Å²) in [4.78, 5) is 2.52. The summed E-state index contributed by atoms with van der Waals surface area (Å²) < 4.78 is 25.9. The van der Waals surface area contributed by atoms with E-state index in [1.807, 2.05) is 0 Å². The molecule has 1 rings (SSSR count). The van der Waals surface area contributed by atoms with Gasteiger partial charge in [-0.15, -0.1) is 0 Å². The molecule has 0 fully saturated rings. The molecule has 1 aromatic carbocycles. The third-order valence-corrected chi connectivity index (χ3v) is 1.66. The van der Waals surface area contributed by atoms with Crippen molar-refractivity contribution in [2.45, 2.75) is 0 Å². The van der Waals surface area contributed by atoms with Gasteiger partial charge in [-0.05, 0) is 23.2 Å². The fourth-order valence-electron chi connectivity index (χ4n) is 0.973. The van der Waals surface area contributed by atoms with Crippen LogP contribution in [0.25, 0.3) is 16.5 Å². The molecular formula is C9H8F2N4. The van der Waals surface area contributed by atoms with E-state index in [0.717, 1.165) is 12.1 Å². The van der Waals surface area contributed by atoms with Crippen LogP contribution in [0.4, 0.5) is 14.5 Å². The van der Waals surface area contributed by atoms with Gasteiger partial charge in [0.05, 0.1) is 0 Å². The molecule has 6 heteroatoms. The van der Waals surface area contributed by atoms with E-state index >= 15 is 0 Å². The summed E-state index contributed by atoms with van der Waals surface area (Å²) in [6.07, 6.45) is 2.93. The molecule has 0 saturated carbocycles. The van der Waals surface area contributed by atoms with E-state index in [0.29, 0.717) is 5.56 Å². The van der Waals surface area contributed by atoms with Gasteiger partial charge in [-0.3, -0.25) is 0 Å². The summed E-state index contributed by atoms with van der Waals surface area (Å²) in [5, 5.41) is 3.23. The zero-order chi connectivity index (χ0) is 11.3.